The number of nitrogens with zero attached hydrogens (tertiary/aromatic N) is 2. The number of H-pyrrole nitrogens is 1. The van der Waals surface area contributed by atoms with Gasteiger partial charge in [-0.3, -0.25) is 28.7 Å². The topological polar surface area (TPSA) is 162 Å². The monoisotopic (exact) mass is 452 g/mol. The van der Waals surface area contributed by atoms with E-state index in [4.69, 9.17) is 9.90 Å². The molecular formula is C17H23F3N4O7. The number of aliphatic hydroxyl groups excluding tert-OH is 1. The fourth-order valence-corrected chi connectivity index (χ4v) is 2.82. The summed E-state index contributed by atoms with van der Waals surface area (Å²) in [4.78, 5) is 59.0. The van der Waals surface area contributed by atoms with Gasteiger partial charge >= 0.3 is 11.9 Å². The highest BCUT2D eigenvalue weighted by molar-refractivity contribution is 5.78. The van der Waals surface area contributed by atoms with E-state index in [2.05, 4.69) is 10.3 Å². The van der Waals surface area contributed by atoms with Crippen LogP contribution in [0.1, 0.15) is 24.8 Å². The number of halogens is 3. The van der Waals surface area contributed by atoms with Gasteiger partial charge in [-0.15, -0.1) is 0 Å². The molecule has 14 heteroatoms. The average Bonchev–Trinajstić information content (AvgIpc) is 2.66. The zero-order valence-electron chi connectivity index (χ0n) is 16.5. The fourth-order valence-electron chi connectivity index (χ4n) is 2.82. The second kappa shape index (κ2) is 11.3. The Morgan fingerprint density at radius 1 is 1.35 bits per heavy atom. The van der Waals surface area contributed by atoms with Crippen molar-refractivity contribution in [2.75, 3.05) is 13.1 Å². The molecule has 0 unspecified atom stereocenters. The summed E-state index contributed by atoms with van der Waals surface area (Å²) in [5.74, 6) is -1.36. The molecule has 0 bridgehead atoms. The first kappa shape index (κ1) is 25.9. The first-order valence-corrected chi connectivity index (χ1v) is 9.08. The minimum Gasteiger partial charge on any atom is -0.483 e. The van der Waals surface area contributed by atoms with E-state index in [1.165, 1.54) is 18.0 Å². The molecular weight excluding hydrogens is 429 g/mol. The predicted molar refractivity (Wildman–Crippen MR) is 99.2 cm³/mol. The lowest BCUT2D eigenvalue weighted by atomic mass is 10.0. The van der Waals surface area contributed by atoms with Crippen LogP contribution in [0.5, 0.6) is 0 Å². The van der Waals surface area contributed by atoms with E-state index >= 15 is 0 Å². The minimum absolute atomic E-state index is 0.102. The Hall–Kier alpha value is -3.16. The highest BCUT2D eigenvalue weighted by Crippen LogP contribution is 2.21. The van der Waals surface area contributed by atoms with Crippen molar-refractivity contribution in [3.05, 3.63) is 32.6 Å². The summed E-state index contributed by atoms with van der Waals surface area (Å²) in [6.07, 6.45) is -6.15. The molecule has 31 heavy (non-hydrogen) atoms. The Kier molecular flexibility index (Phi) is 9.42. The van der Waals surface area contributed by atoms with Crippen LogP contribution < -0.4 is 16.6 Å². The van der Waals surface area contributed by atoms with Crippen molar-refractivity contribution in [2.24, 2.45) is 0 Å². The normalized spacial score (nSPS) is 18.5. The minimum atomic E-state index is -4.47. The highest BCUT2D eigenvalue weighted by atomic mass is 19.4. The van der Waals surface area contributed by atoms with E-state index in [1.54, 1.807) is 0 Å². The number of carbonyl (C=O) groups excluding carboxylic acids is 2. The van der Waals surface area contributed by atoms with Crippen molar-refractivity contribution in [2.45, 2.75) is 51.1 Å². The maximum absolute atomic E-state index is 12.4. The van der Waals surface area contributed by atoms with E-state index in [-0.39, 0.29) is 38.1 Å². The maximum atomic E-state index is 12.4. The van der Waals surface area contributed by atoms with Gasteiger partial charge in [0.1, 0.15) is 6.54 Å². The molecule has 0 saturated carbocycles. The van der Waals surface area contributed by atoms with Gasteiger partial charge < -0.3 is 20.4 Å². The third-order valence-electron chi connectivity index (χ3n) is 4.41. The van der Waals surface area contributed by atoms with E-state index in [9.17, 15) is 37.5 Å². The second-order valence-electron chi connectivity index (χ2n) is 6.79. The van der Waals surface area contributed by atoms with Gasteiger partial charge in [0.2, 0.25) is 11.8 Å². The average molecular weight is 452 g/mol. The van der Waals surface area contributed by atoms with Gasteiger partial charge in [0, 0.05) is 31.3 Å². The number of alkyl halides is 3. The number of aliphatic hydroxyl groups is 1. The van der Waals surface area contributed by atoms with Gasteiger partial charge in [0.25, 0.3) is 12.0 Å². The molecule has 174 valence electrons. The standard InChI is InChI=1S/C16H21F3N4O5.CH2O2/c1-9-6-23(15(28)21-14(9)27)8-13(26)22-5-3-11(24)10(7-22)20-12(25)2-4-16(17,18)19;2-1-3/h6,10-11,24H,2-5,7-8H2,1H3,(H,20,25)(H,21,27,28);1H,(H,2,3)/t10-,11+;/m1./s1. The van der Waals surface area contributed by atoms with Gasteiger partial charge in [-0.2, -0.15) is 13.2 Å². The van der Waals surface area contributed by atoms with Crippen LogP contribution in [0.4, 0.5) is 13.2 Å². The summed E-state index contributed by atoms with van der Waals surface area (Å²) < 4.78 is 37.6. The molecule has 2 rings (SSSR count). The Bertz CT molecular complexity index is 897. The molecule has 1 saturated heterocycles. The van der Waals surface area contributed by atoms with Crippen LogP contribution in [0.25, 0.3) is 0 Å². The zero-order valence-corrected chi connectivity index (χ0v) is 16.5. The molecule has 1 aromatic heterocycles. The molecule has 0 aromatic carbocycles. The van der Waals surface area contributed by atoms with Crippen LogP contribution in [0.2, 0.25) is 0 Å². The summed E-state index contributed by atoms with van der Waals surface area (Å²) in [5.41, 5.74) is -1.06. The highest BCUT2D eigenvalue weighted by Gasteiger charge is 2.33. The molecule has 1 aliphatic rings. The number of hydrogen-bond donors (Lipinski definition) is 4. The number of rotatable bonds is 5. The molecule has 0 aliphatic carbocycles. The van der Waals surface area contributed by atoms with E-state index in [1.807, 2.05) is 0 Å². The van der Waals surface area contributed by atoms with Crippen molar-refractivity contribution >= 4 is 18.3 Å². The molecule has 0 radical (unpaired) electrons. The molecule has 2 atom stereocenters. The number of likely N-dealkylation sites (tertiary alicyclic amines) is 1. The van der Waals surface area contributed by atoms with Crippen LogP contribution in [0.3, 0.4) is 0 Å². The summed E-state index contributed by atoms with van der Waals surface area (Å²) >= 11 is 0. The van der Waals surface area contributed by atoms with E-state index in [0.717, 1.165) is 4.57 Å². The van der Waals surface area contributed by atoms with Gasteiger partial charge in [-0.25, -0.2) is 4.79 Å². The van der Waals surface area contributed by atoms with Crippen molar-refractivity contribution in [3.63, 3.8) is 0 Å². The zero-order chi connectivity index (χ0) is 23.8. The van der Waals surface area contributed by atoms with Crippen molar-refractivity contribution in [3.8, 4) is 0 Å². The fraction of sp³-hybridized carbons (Fsp3) is 0.588. The third kappa shape index (κ3) is 8.62. The second-order valence-corrected chi connectivity index (χ2v) is 6.79. The summed E-state index contributed by atoms with van der Waals surface area (Å²) in [7, 11) is 0. The molecule has 0 spiro atoms. The number of carbonyl (C=O) groups is 3. The molecule has 1 fully saturated rings. The number of piperidine rings is 1. The summed E-state index contributed by atoms with van der Waals surface area (Å²) in [6.45, 7) is 0.922. The van der Waals surface area contributed by atoms with Crippen LogP contribution in [0.15, 0.2) is 15.8 Å². The predicted octanol–water partition coefficient (Wildman–Crippen LogP) is -1.03. The van der Waals surface area contributed by atoms with Crippen LogP contribution in [-0.4, -0.2) is 74.4 Å². The number of aromatic nitrogens is 2. The number of amides is 2. The van der Waals surface area contributed by atoms with Crippen LogP contribution in [0, 0.1) is 6.92 Å². The first-order valence-electron chi connectivity index (χ1n) is 9.08. The lowest BCUT2D eigenvalue weighted by molar-refractivity contribution is -0.145. The number of aromatic amines is 1. The maximum Gasteiger partial charge on any atom is 0.389 e. The molecule has 2 amide bonds. The molecule has 4 N–H and O–H groups in total. The molecule has 11 nitrogen and oxygen atoms in total. The number of hydrogen-bond acceptors (Lipinski definition) is 6. The number of carboxylic acid groups (broad SMARTS) is 1. The van der Waals surface area contributed by atoms with Gasteiger partial charge in [-0.1, -0.05) is 0 Å². The molecule has 1 aliphatic heterocycles. The van der Waals surface area contributed by atoms with Crippen molar-refractivity contribution < 1.29 is 37.8 Å². The first-order chi connectivity index (χ1) is 14.4. The molecule has 1 aromatic rings. The Morgan fingerprint density at radius 2 is 1.97 bits per heavy atom. The van der Waals surface area contributed by atoms with Crippen LogP contribution in [-0.2, 0) is 20.9 Å². The lowest BCUT2D eigenvalue weighted by Gasteiger charge is -2.36. The Morgan fingerprint density at radius 3 is 2.55 bits per heavy atom. The Balaban J connectivity index is 0.00000151. The summed E-state index contributed by atoms with van der Waals surface area (Å²) in [5, 5.41) is 19.2. The van der Waals surface area contributed by atoms with Crippen LogP contribution >= 0.6 is 0 Å². The number of nitrogens with one attached hydrogen (secondary N) is 2. The largest absolute Gasteiger partial charge is 0.483 e. The summed E-state index contributed by atoms with van der Waals surface area (Å²) in [6, 6.07) is -0.910. The third-order valence-corrected chi connectivity index (χ3v) is 4.41. The van der Waals surface area contributed by atoms with Gasteiger partial charge in [0.05, 0.1) is 18.6 Å². The lowest BCUT2D eigenvalue weighted by Crippen LogP contribution is -2.57. The van der Waals surface area contributed by atoms with Crippen molar-refractivity contribution in [1.82, 2.24) is 19.8 Å². The number of aryl methyl sites for hydroxylation is 1. The SMILES string of the molecule is Cc1cn(CC(=O)N2CC[C@H](O)[C@H](NC(=O)CCC(F)(F)F)C2)c(=O)[nH]c1=O.O=CO. The Labute approximate surface area is 173 Å². The van der Waals surface area contributed by atoms with E-state index in [0.29, 0.717) is 0 Å². The quantitative estimate of drug-likeness (QED) is 0.415. The van der Waals surface area contributed by atoms with Gasteiger partial charge in [0.15, 0.2) is 0 Å². The van der Waals surface area contributed by atoms with E-state index < -0.39 is 54.2 Å². The smallest absolute Gasteiger partial charge is 0.389 e. The van der Waals surface area contributed by atoms with Gasteiger partial charge in [-0.05, 0) is 13.3 Å². The van der Waals surface area contributed by atoms with Crippen molar-refractivity contribution in [1.29, 1.82) is 0 Å². The molecule has 2 heterocycles.